The molecule has 0 spiro atoms. The molecule has 1 aromatic rings. The van der Waals surface area contributed by atoms with Gasteiger partial charge in [-0.05, 0) is 39.2 Å². The second-order valence-corrected chi connectivity index (χ2v) is 4.58. The fraction of sp³-hybridized carbons (Fsp3) is 0.615. The first kappa shape index (κ1) is 14.6. The number of hydrogen-bond acceptors (Lipinski definition) is 4. The molecule has 1 heterocycles. The smallest absolute Gasteiger partial charge is 0.355 e. The van der Waals surface area contributed by atoms with Crippen LogP contribution in [0, 0.1) is 0 Å². The first-order chi connectivity index (χ1) is 8.56. The average molecular weight is 254 g/mol. The number of aromatic nitrogens is 1. The van der Waals surface area contributed by atoms with Gasteiger partial charge in [0, 0.05) is 18.8 Å². The second-order valence-electron chi connectivity index (χ2n) is 4.58. The summed E-state index contributed by atoms with van der Waals surface area (Å²) in [6.45, 7) is 4.53. The zero-order valence-corrected chi connectivity index (χ0v) is 11.1. The van der Waals surface area contributed by atoms with Crippen molar-refractivity contribution in [3.8, 4) is 0 Å². The van der Waals surface area contributed by atoms with E-state index in [0.29, 0.717) is 18.0 Å². The molecule has 1 rings (SSSR count). The highest BCUT2D eigenvalue weighted by atomic mass is 16.5. The lowest BCUT2D eigenvalue weighted by atomic mass is 10.2. The summed E-state index contributed by atoms with van der Waals surface area (Å²) in [7, 11) is 0. The molecular weight excluding hydrogens is 232 g/mol. The highest BCUT2D eigenvalue weighted by molar-refractivity contribution is 5.89. The summed E-state index contributed by atoms with van der Waals surface area (Å²) in [4.78, 5) is 11.9. The van der Waals surface area contributed by atoms with Crippen molar-refractivity contribution in [2.75, 3.05) is 18.9 Å². The van der Waals surface area contributed by atoms with Gasteiger partial charge in [-0.1, -0.05) is 0 Å². The van der Waals surface area contributed by atoms with Crippen LogP contribution in [-0.2, 0) is 4.74 Å². The van der Waals surface area contributed by atoms with Crippen molar-refractivity contribution >= 4 is 11.7 Å². The number of nitrogens with two attached hydrogens (primary N) is 1. The molecule has 1 aromatic heterocycles. The van der Waals surface area contributed by atoms with E-state index in [1.807, 2.05) is 18.4 Å². The third-order valence-corrected chi connectivity index (χ3v) is 2.67. The normalized spacial score (nSPS) is 10.9. The third kappa shape index (κ3) is 4.07. The fourth-order valence-electron chi connectivity index (χ4n) is 1.72. The molecule has 5 heteroatoms. The largest absolute Gasteiger partial charge is 0.461 e. The molecule has 18 heavy (non-hydrogen) atoms. The highest BCUT2D eigenvalue weighted by Gasteiger charge is 2.15. The van der Waals surface area contributed by atoms with Gasteiger partial charge in [-0.3, -0.25) is 0 Å². The minimum absolute atomic E-state index is 0.166. The van der Waals surface area contributed by atoms with E-state index in [9.17, 15) is 4.79 Å². The summed E-state index contributed by atoms with van der Waals surface area (Å²) in [5.41, 5.74) is 6.75. The van der Waals surface area contributed by atoms with Gasteiger partial charge in [-0.2, -0.15) is 0 Å². The van der Waals surface area contributed by atoms with Crippen LogP contribution in [-0.4, -0.2) is 28.9 Å². The number of rotatable bonds is 7. The van der Waals surface area contributed by atoms with Crippen molar-refractivity contribution < 1.29 is 14.6 Å². The molecule has 0 unspecified atom stereocenters. The van der Waals surface area contributed by atoms with Gasteiger partial charge in [-0.25, -0.2) is 4.79 Å². The van der Waals surface area contributed by atoms with Crippen LogP contribution in [0.3, 0.4) is 0 Å². The molecular formula is C13H22N2O3. The maximum absolute atomic E-state index is 11.9. The molecule has 102 valence electrons. The van der Waals surface area contributed by atoms with Crippen LogP contribution in [0.15, 0.2) is 12.3 Å². The number of ether oxygens (including phenoxy) is 1. The molecule has 0 bridgehead atoms. The van der Waals surface area contributed by atoms with E-state index in [1.54, 1.807) is 12.3 Å². The second kappa shape index (κ2) is 7.06. The van der Waals surface area contributed by atoms with Gasteiger partial charge in [0.2, 0.25) is 0 Å². The molecule has 0 saturated carbocycles. The predicted octanol–water partition coefficient (Wildman–Crippen LogP) is 1.97. The van der Waals surface area contributed by atoms with E-state index in [4.69, 9.17) is 15.6 Å². The first-order valence-electron chi connectivity index (χ1n) is 6.31. The van der Waals surface area contributed by atoms with Crippen molar-refractivity contribution in [1.29, 1.82) is 0 Å². The molecule has 3 N–H and O–H groups in total. The fourth-order valence-corrected chi connectivity index (χ4v) is 1.72. The number of carbonyl (C=O) groups is 1. The summed E-state index contributed by atoms with van der Waals surface area (Å²) >= 11 is 0. The summed E-state index contributed by atoms with van der Waals surface area (Å²) in [6.07, 6.45) is 4.11. The summed E-state index contributed by atoms with van der Waals surface area (Å²) in [5, 5.41) is 8.63. The average Bonchev–Trinajstić information content (AvgIpc) is 2.71. The first-order valence-corrected chi connectivity index (χ1v) is 6.31. The lowest BCUT2D eigenvalue weighted by Gasteiger charge is -2.12. The van der Waals surface area contributed by atoms with Crippen LogP contribution in [0.2, 0.25) is 0 Å². The van der Waals surface area contributed by atoms with E-state index in [-0.39, 0.29) is 18.6 Å². The number of nitrogens with zero attached hydrogens (tertiary/aromatic N) is 1. The van der Waals surface area contributed by atoms with Gasteiger partial charge in [0.15, 0.2) is 0 Å². The molecule has 0 radical (unpaired) electrons. The number of carbonyl (C=O) groups excluding carboxylic acids is 1. The Morgan fingerprint density at radius 1 is 1.44 bits per heavy atom. The topological polar surface area (TPSA) is 77.5 Å². The quantitative estimate of drug-likeness (QED) is 0.576. The molecule has 0 aliphatic rings. The van der Waals surface area contributed by atoms with Crippen LogP contribution in [0.5, 0.6) is 0 Å². The molecule has 0 atom stereocenters. The van der Waals surface area contributed by atoms with E-state index < -0.39 is 0 Å². The van der Waals surface area contributed by atoms with Gasteiger partial charge >= 0.3 is 5.97 Å². The minimum atomic E-state index is -0.343. The summed E-state index contributed by atoms with van der Waals surface area (Å²) < 4.78 is 6.99. The number of aliphatic hydroxyl groups is 1. The number of aliphatic hydroxyl groups excluding tert-OH is 1. The van der Waals surface area contributed by atoms with E-state index >= 15 is 0 Å². The van der Waals surface area contributed by atoms with Crippen LogP contribution in [0.25, 0.3) is 0 Å². The maximum Gasteiger partial charge on any atom is 0.355 e. The Bertz CT molecular complexity index is 386. The van der Waals surface area contributed by atoms with E-state index in [2.05, 4.69) is 0 Å². The van der Waals surface area contributed by atoms with Gasteiger partial charge in [-0.15, -0.1) is 0 Å². The van der Waals surface area contributed by atoms with Gasteiger partial charge < -0.3 is 20.1 Å². The third-order valence-electron chi connectivity index (χ3n) is 2.67. The lowest BCUT2D eigenvalue weighted by Crippen LogP contribution is -2.13. The molecule has 0 saturated heterocycles. The Hall–Kier alpha value is -1.49. The zero-order valence-electron chi connectivity index (χ0n) is 11.1. The van der Waals surface area contributed by atoms with Crippen molar-refractivity contribution in [3.63, 3.8) is 0 Å². The Kier molecular flexibility index (Phi) is 5.71. The highest BCUT2D eigenvalue weighted by Crippen LogP contribution is 2.17. The monoisotopic (exact) mass is 254 g/mol. The number of unbranched alkanes of at least 4 members (excludes halogenated alkanes) is 2. The van der Waals surface area contributed by atoms with Gasteiger partial charge in [0.1, 0.15) is 5.69 Å². The summed E-state index contributed by atoms with van der Waals surface area (Å²) in [6, 6.07) is 1.80. The van der Waals surface area contributed by atoms with Crippen LogP contribution in [0.4, 0.5) is 5.69 Å². The Morgan fingerprint density at radius 2 is 2.17 bits per heavy atom. The molecule has 5 nitrogen and oxygen atoms in total. The van der Waals surface area contributed by atoms with Crippen LogP contribution < -0.4 is 5.73 Å². The standard InChI is InChI=1S/C13H22N2O3/c1-10(2)15-9-11(14)8-12(15)13(17)18-7-5-3-4-6-16/h8-10,16H,3-7,14H2,1-2H3. The Morgan fingerprint density at radius 3 is 2.78 bits per heavy atom. The van der Waals surface area contributed by atoms with Crippen molar-refractivity contribution in [2.45, 2.75) is 39.2 Å². The number of nitrogen functional groups attached to an aromatic ring is 1. The van der Waals surface area contributed by atoms with Crippen molar-refractivity contribution in [3.05, 3.63) is 18.0 Å². The Labute approximate surface area is 108 Å². The molecule has 0 fully saturated rings. The predicted molar refractivity (Wildman–Crippen MR) is 70.4 cm³/mol. The van der Waals surface area contributed by atoms with E-state index in [1.165, 1.54) is 0 Å². The van der Waals surface area contributed by atoms with Crippen molar-refractivity contribution in [1.82, 2.24) is 4.57 Å². The molecule has 0 aliphatic heterocycles. The van der Waals surface area contributed by atoms with Crippen molar-refractivity contribution in [2.24, 2.45) is 0 Å². The number of hydrogen-bond donors (Lipinski definition) is 2. The lowest BCUT2D eigenvalue weighted by molar-refractivity contribution is 0.0482. The zero-order chi connectivity index (χ0) is 13.5. The van der Waals surface area contributed by atoms with Crippen LogP contribution in [0.1, 0.15) is 49.6 Å². The molecule has 0 amide bonds. The van der Waals surface area contributed by atoms with Gasteiger partial charge in [0.05, 0.1) is 12.3 Å². The van der Waals surface area contributed by atoms with E-state index in [0.717, 1.165) is 19.3 Å². The minimum Gasteiger partial charge on any atom is -0.461 e. The number of anilines is 1. The maximum atomic E-state index is 11.9. The SMILES string of the molecule is CC(C)n1cc(N)cc1C(=O)OCCCCCO. The van der Waals surface area contributed by atoms with Gasteiger partial charge in [0.25, 0.3) is 0 Å². The Balaban J connectivity index is 2.51. The molecule has 0 aromatic carbocycles. The molecule has 0 aliphatic carbocycles. The van der Waals surface area contributed by atoms with Crippen LogP contribution >= 0.6 is 0 Å². The number of esters is 1. The summed E-state index contributed by atoms with van der Waals surface area (Å²) in [5.74, 6) is -0.343.